The highest BCUT2D eigenvalue weighted by atomic mass is 19.1. The smallest absolute Gasteiger partial charge is 0.268 e. The highest BCUT2D eigenvalue weighted by molar-refractivity contribution is 5.96. The lowest BCUT2D eigenvalue weighted by Gasteiger charge is -1.97. The Morgan fingerprint density at radius 1 is 1.52 bits per heavy atom. The number of hydrogen-bond donors (Lipinski definition) is 1. The molecule has 0 fully saturated rings. The van der Waals surface area contributed by atoms with Gasteiger partial charge in [0.25, 0.3) is 5.91 Å². The van der Waals surface area contributed by atoms with Crippen molar-refractivity contribution in [1.82, 2.24) is 15.2 Å². The predicted molar refractivity (Wildman–Crippen MR) is 71.3 cm³/mol. The first kappa shape index (κ1) is 14.3. The van der Waals surface area contributed by atoms with Gasteiger partial charge in [0.2, 0.25) is 5.69 Å². The summed E-state index contributed by atoms with van der Waals surface area (Å²) in [6.07, 6.45) is 2.21. The zero-order valence-electron chi connectivity index (χ0n) is 10.9. The number of hydrogen-bond acceptors (Lipinski definition) is 5. The summed E-state index contributed by atoms with van der Waals surface area (Å²) in [4.78, 5) is 21.8. The minimum absolute atomic E-state index is 0.174. The highest BCUT2D eigenvalue weighted by Gasteiger charge is 2.24. The topological polar surface area (TPSA) is 102 Å². The van der Waals surface area contributed by atoms with Crippen LogP contribution in [0.3, 0.4) is 0 Å². The summed E-state index contributed by atoms with van der Waals surface area (Å²) < 4.78 is 14.4. The molecule has 0 saturated carbocycles. The number of hydrazone groups is 1. The van der Waals surface area contributed by atoms with Crippen molar-refractivity contribution in [3.05, 3.63) is 57.7 Å². The van der Waals surface area contributed by atoms with Crippen LogP contribution in [-0.2, 0) is 7.05 Å². The number of halogens is 1. The minimum Gasteiger partial charge on any atom is -0.268 e. The monoisotopic (exact) mass is 291 g/mol. The summed E-state index contributed by atoms with van der Waals surface area (Å²) in [5.41, 5.74) is 1.44. The number of nitrogens with zero attached hydrogens (tertiary/aromatic N) is 4. The van der Waals surface area contributed by atoms with Gasteiger partial charge in [-0.05, 0) is 6.07 Å². The van der Waals surface area contributed by atoms with Crippen molar-refractivity contribution in [2.45, 2.75) is 0 Å². The fraction of sp³-hybridized carbons (Fsp3) is 0.0833. The van der Waals surface area contributed by atoms with Crippen LogP contribution < -0.4 is 5.43 Å². The van der Waals surface area contributed by atoms with E-state index in [1.807, 2.05) is 0 Å². The van der Waals surface area contributed by atoms with Gasteiger partial charge in [0, 0.05) is 12.6 Å². The average molecular weight is 291 g/mol. The minimum atomic E-state index is -0.852. The molecule has 0 spiro atoms. The van der Waals surface area contributed by atoms with Crippen LogP contribution in [0, 0.1) is 15.9 Å². The molecule has 0 aliphatic rings. The second kappa shape index (κ2) is 5.90. The molecule has 1 aromatic carbocycles. The Balaban J connectivity index is 2.12. The first-order chi connectivity index (χ1) is 9.99. The lowest BCUT2D eigenvalue weighted by Crippen LogP contribution is -2.19. The molecule has 2 rings (SSSR count). The lowest BCUT2D eigenvalue weighted by atomic mass is 10.2. The third kappa shape index (κ3) is 3.26. The second-order valence-corrected chi connectivity index (χ2v) is 4.01. The number of nitro groups is 1. The summed E-state index contributed by atoms with van der Waals surface area (Å²) in [5, 5.41) is 18.0. The molecule has 108 valence electrons. The van der Waals surface area contributed by atoms with Gasteiger partial charge in [-0.2, -0.15) is 10.2 Å². The lowest BCUT2D eigenvalue weighted by molar-refractivity contribution is -0.385. The first-order valence-corrected chi connectivity index (χ1v) is 5.75. The van der Waals surface area contributed by atoms with Gasteiger partial charge in [0.15, 0.2) is 0 Å². The third-order valence-electron chi connectivity index (χ3n) is 2.50. The van der Waals surface area contributed by atoms with Gasteiger partial charge in [-0.1, -0.05) is 18.2 Å². The fourth-order valence-electron chi connectivity index (χ4n) is 1.56. The first-order valence-electron chi connectivity index (χ1n) is 5.75. The Morgan fingerprint density at radius 2 is 2.24 bits per heavy atom. The van der Waals surface area contributed by atoms with Crippen LogP contribution >= 0.6 is 0 Å². The number of amides is 1. The standard InChI is InChI=1S/C12H10FN5O3/c1-17-7-10(18(20)21)11(16-17)12(19)15-14-6-8-4-2-3-5-9(8)13/h2-7H,1H3,(H,15,19)/b14-6-. The van der Waals surface area contributed by atoms with E-state index in [2.05, 4.69) is 15.6 Å². The van der Waals surface area contributed by atoms with Gasteiger partial charge < -0.3 is 0 Å². The van der Waals surface area contributed by atoms with Crippen molar-refractivity contribution >= 4 is 17.8 Å². The third-order valence-corrected chi connectivity index (χ3v) is 2.50. The van der Waals surface area contributed by atoms with E-state index in [0.717, 1.165) is 17.1 Å². The molecule has 9 heteroatoms. The molecule has 0 atom stereocenters. The van der Waals surface area contributed by atoms with Crippen LogP contribution in [0.25, 0.3) is 0 Å². The molecule has 1 N–H and O–H groups in total. The van der Waals surface area contributed by atoms with Crippen LogP contribution in [0.5, 0.6) is 0 Å². The summed E-state index contributed by atoms with van der Waals surface area (Å²) >= 11 is 0. The Hall–Kier alpha value is -3.10. The molecule has 21 heavy (non-hydrogen) atoms. The van der Waals surface area contributed by atoms with Crippen molar-refractivity contribution in [3.63, 3.8) is 0 Å². The molecule has 0 aliphatic carbocycles. The van der Waals surface area contributed by atoms with Crippen molar-refractivity contribution in [3.8, 4) is 0 Å². The summed E-state index contributed by atoms with van der Waals surface area (Å²) in [5.74, 6) is -1.35. The molecule has 1 amide bonds. The zero-order chi connectivity index (χ0) is 15.4. The van der Waals surface area contributed by atoms with E-state index in [-0.39, 0.29) is 11.3 Å². The number of benzene rings is 1. The Bertz CT molecular complexity index is 725. The van der Waals surface area contributed by atoms with E-state index in [9.17, 15) is 19.3 Å². The van der Waals surface area contributed by atoms with Crippen LogP contribution in [0.4, 0.5) is 10.1 Å². The van der Waals surface area contributed by atoms with Gasteiger partial charge in [-0.15, -0.1) is 0 Å². The number of carbonyl (C=O) groups excluding carboxylic acids is 1. The van der Waals surface area contributed by atoms with Crippen LogP contribution in [0.15, 0.2) is 35.6 Å². The fourth-order valence-corrected chi connectivity index (χ4v) is 1.56. The van der Waals surface area contributed by atoms with E-state index < -0.39 is 22.3 Å². The van der Waals surface area contributed by atoms with E-state index in [4.69, 9.17) is 0 Å². The zero-order valence-corrected chi connectivity index (χ0v) is 10.9. The number of aryl methyl sites for hydroxylation is 1. The molecule has 8 nitrogen and oxygen atoms in total. The van der Waals surface area contributed by atoms with Crippen LogP contribution in [0.2, 0.25) is 0 Å². The van der Waals surface area contributed by atoms with Gasteiger partial charge in [-0.25, -0.2) is 9.82 Å². The van der Waals surface area contributed by atoms with Crippen molar-refractivity contribution in [1.29, 1.82) is 0 Å². The SMILES string of the molecule is Cn1cc([N+](=O)[O-])c(C(=O)N/N=C\c2ccccc2F)n1. The van der Waals surface area contributed by atoms with E-state index in [1.54, 1.807) is 6.07 Å². The predicted octanol–water partition coefficient (Wildman–Crippen LogP) is 1.23. The second-order valence-electron chi connectivity index (χ2n) is 4.01. The highest BCUT2D eigenvalue weighted by Crippen LogP contribution is 2.15. The van der Waals surface area contributed by atoms with E-state index >= 15 is 0 Å². The van der Waals surface area contributed by atoms with Gasteiger partial charge >= 0.3 is 5.69 Å². The number of nitrogens with one attached hydrogen (secondary N) is 1. The van der Waals surface area contributed by atoms with Gasteiger partial charge in [0.05, 0.1) is 11.1 Å². The molecule has 2 aromatic rings. The molecule has 0 unspecified atom stereocenters. The van der Waals surface area contributed by atoms with E-state index in [1.165, 1.54) is 25.2 Å². The van der Waals surface area contributed by atoms with Gasteiger partial charge in [-0.3, -0.25) is 19.6 Å². The number of carbonyl (C=O) groups is 1. The molecule has 1 heterocycles. The molecule has 0 radical (unpaired) electrons. The quantitative estimate of drug-likeness (QED) is 0.520. The number of aromatic nitrogens is 2. The van der Waals surface area contributed by atoms with Crippen molar-refractivity contribution in [2.24, 2.45) is 12.1 Å². The summed E-state index contributed by atoms with van der Waals surface area (Å²) in [7, 11) is 1.45. The maximum Gasteiger partial charge on any atom is 0.320 e. The molecule has 0 saturated heterocycles. The maximum absolute atomic E-state index is 13.3. The van der Waals surface area contributed by atoms with Gasteiger partial charge in [0.1, 0.15) is 12.0 Å². The Labute approximate surface area is 118 Å². The van der Waals surface area contributed by atoms with Crippen molar-refractivity contribution in [2.75, 3.05) is 0 Å². The normalized spacial score (nSPS) is 10.8. The molecular weight excluding hydrogens is 281 g/mol. The average Bonchev–Trinajstić information content (AvgIpc) is 2.83. The van der Waals surface area contributed by atoms with Crippen LogP contribution in [0.1, 0.15) is 16.1 Å². The summed E-state index contributed by atoms with van der Waals surface area (Å²) in [6.45, 7) is 0. The Morgan fingerprint density at radius 3 is 2.90 bits per heavy atom. The number of rotatable bonds is 4. The molecule has 0 bridgehead atoms. The van der Waals surface area contributed by atoms with Crippen molar-refractivity contribution < 1.29 is 14.1 Å². The Kier molecular flexibility index (Phi) is 4.02. The molecule has 0 aliphatic heterocycles. The summed E-state index contributed by atoms with van der Waals surface area (Å²) in [6, 6.07) is 5.83. The van der Waals surface area contributed by atoms with E-state index in [0.29, 0.717) is 0 Å². The largest absolute Gasteiger partial charge is 0.320 e. The van der Waals surface area contributed by atoms with Crippen LogP contribution in [-0.4, -0.2) is 26.8 Å². The molecule has 1 aromatic heterocycles. The molecular formula is C12H10FN5O3. The maximum atomic E-state index is 13.3.